The first-order valence-corrected chi connectivity index (χ1v) is 4.65. The van der Waals surface area contributed by atoms with Gasteiger partial charge in [0.1, 0.15) is 5.60 Å². The van der Waals surface area contributed by atoms with Gasteiger partial charge in [-0.1, -0.05) is 0 Å². The van der Waals surface area contributed by atoms with Gasteiger partial charge >= 0.3 is 5.97 Å². The highest BCUT2D eigenvalue weighted by Crippen LogP contribution is 2.47. The summed E-state index contributed by atoms with van der Waals surface area (Å²) in [6.07, 6.45) is -1.23. The zero-order valence-electron chi connectivity index (χ0n) is 7.93. The van der Waals surface area contributed by atoms with E-state index < -0.39 is 29.2 Å². The van der Waals surface area contributed by atoms with Crippen molar-refractivity contribution in [3.8, 4) is 0 Å². The first-order chi connectivity index (χ1) is 6.36. The highest BCUT2D eigenvalue weighted by atomic mass is 16.5. The Morgan fingerprint density at radius 3 is 2.79 bits per heavy atom. The van der Waals surface area contributed by atoms with Gasteiger partial charge in [-0.25, -0.2) is 0 Å². The minimum absolute atomic E-state index is 0.0284. The van der Waals surface area contributed by atoms with Crippen molar-refractivity contribution in [3.63, 3.8) is 0 Å². The fourth-order valence-corrected chi connectivity index (χ4v) is 2.50. The van der Waals surface area contributed by atoms with Crippen LogP contribution < -0.4 is 0 Å². The third-order valence-electron chi connectivity index (χ3n) is 3.38. The lowest BCUT2D eigenvalue weighted by Gasteiger charge is -2.38. The summed E-state index contributed by atoms with van der Waals surface area (Å²) in [6.45, 7) is 1.51. The molecule has 0 aromatic carbocycles. The van der Waals surface area contributed by atoms with Gasteiger partial charge in [-0.15, -0.1) is 0 Å². The first kappa shape index (κ1) is 9.89. The number of ether oxygens (including phenoxy) is 1. The van der Waals surface area contributed by atoms with Gasteiger partial charge in [0.15, 0.2) is 0 Å². The number of cyclic esters (lactones) is 1. The number of aliphatic hydroxyl groups excluding tert-OH is 1. The van der Waals surface area contributed by atoms with E-state index in [1.54, 1.807) is 0 Å². The molecule has 0 spiro atoms. The maximum atomic E-state index is 11.0. The van der Waals surface area contributed by atoms with Crippen molar-refractivity contribution in [2.24, 2.45) is 5.92 Å². The summed E-state index contributed by atoms with van der Waals surface area (Å²) in [7, 11) is 0. The van der Waals surface area contributed by atoms with Crippen LogP contribution in [0.25, 0.3) is 0 Å². The van der Waals surface area contributed by atoms with E-state index in [9.17, 15) is 20.1 Å². The minimum Gasteiger partial charge on any atom is -0.465 e. The van der Waals surface area contributed by atoms with Gasteiger partial charge in [0.25, 0.3) is 0 Å². The summed E-state index contributed by atoms with van der Waals surface area (Å²) in [4.78, 5) is 11.0. The Bertz CT molecular complexity index is 274. The first-order valence-electron chi connectivity index (χ1n) is 4.65. The van der Waals surface area contributed by atoms with Crippen LogP contribution >= 0.6 is 0 Å². The molecule has 0 bridgehead atoms. The molecule has 1 aliphatic carbocycles. The highest BCUT2D eigenvalue weighted by Gasteiger charge is 2.62. The van der Waals surface area contributed by atoms with Gasteiger partial charge in [0, 0.05) is 6.42 Å². The number of carbonyl (C=O) groups excluding carboxylic acids is 1. The van der Waals surface area contributed by atoms with Crippen LogP contribution in [-0.4, -0.2) is 45.2 Å². The van der Waals surface area contributed by atoms with Crippen LogP contribution in [0.4, 0.5) is 0 Å². The maximum Gasteiger partial charge on any atom is 0.308 e. The smallest absolute Gasteiger partial charge is 0.308 e. The van der Waals surface area contributed by atoms with Crippen molar-refractivity contribution in [2.45, 2.75) is 37.1 Å². The zero-order chi connectivity index (χ0) is 10.6. The summed E-state index contributed by atoms with van der Waals surface area (Å²) in [6, 6.07) is 0. The molecule has 5 heteroatoms. The molecule has 1 heterocycles. The predicted octanol–water partition coefficient (Wildman–Crippen LogP) is -1.20. The van der Waals surface area contributed by atoms with Crippen LogP contribution in [0.2, 0.25) is 0 Å². The summed E-state index contributed by atoms with van der Waals surface area (Å²) in [5.41, 5.74) is -2.69. The Labute approximate surface area is 81.3 Å². The van der Waals surface area contributed by atoms with Gasteiger partial charge in [-0.2, -0.15) is 0 Å². The van der Waals surface area contributed by atoms with E-state index in [2.05, 4.69) is 0 Å². The Balaban J connectivity index is 2.33. The van der Waals surface area contributed by atoms with Gasteiger partial charge in [0.05, 0.1) is 30.7 Å². The molecule has 3 N–H and O–H groups in total. The maximum absolute atomic E-state index is 11.0. The molecule has 1 unspecified atom stereocenters. The predicted molar refractivity (Wildman–Crippen MR) is 45.3 cm³/mol. The number of hydrogen-bond acceptors (Lipinski definition) is 5. The highest BCUT2D eigenvalue weighted by molar-refractivity contribution is 5.72. The minimum atomic E-state index is -1.52. The van der Waals surface area contributed by atoms with E-state index in [1.165, 1.54) is 6.92 Å². The number of carbonyl (C=O) groups is 1. The van der Waals surface area contributed by atoms with Gasteiger partial charge < -0.3 is 20.1 Å². The second-order valence-electron chi connectivity index (χ2n) is 4.48. The molecule has 0 aromatic heterocycles. The van der Waals surface area contributed by atoms with Crippen LogP contribution in [-0.2, 0) is 9.53 Å². The number of aliphatic hydroxyl groups is 3. The molecule has 4 atom stereocenters. The van der Waals surface area contributed by atoms with E-state index in [0.29, 0.717) is 0 Å². The van der Waals surface area contributed by atoms with Crippen LogP contribution in [0, 0.1) is 5.92 Å². The van der Waals surface area contributed by atoms with Crippen molar-refractivity contribution in [1.82, 2.24) is 0 Å². The number of fused-ring (bicyclic) bond motifs is 1. The lowest BCUT2D eigenvalue weighted by Crippen LogP contribution is -2.53. The molecule has 1 aliphatic heterocycles. The standard InChI is InChI=1S/C9H14O5/c1-8(12)2-6(10)9(13)3-7(11)14-4-5(8)9/h5-6,10,12-13H,2-4H2,1H3/t5-,6?,8-,9-/m0/s1. The molecule has 0 aromatic rings. The third kappa shape index (κ3) is 1.16. The monoisotopic (exact) mass is 202 g/mol. The molecule has 2 fully saturated rings. The van der Waals surface area contributed by atoms with E-state index in [4.69, 9.17) is 4.74 Å². The van der Waals surface area contributed by atoms with Gasteiger partial charge in [0.2, 0.25) is 0 Å². The SMILES string of the molecule is C[C@]1(O)CC(O)[C@]2(O)CC(=O)OC[C@@H]12. The second kappa shape index (κ2) is 2.68. The van der Waals surface area contributed by atoms with Crippen molar-refractivity contribution in [3.05, 3.63) is 0 Å². The molecule has 5 nitrogen and oxygen atoms in total. The zero-order valence-corrected chi connectivity index (χ0v) is 7.93. The molecular formula is C9H14O5. The fraction of sp³-hybridized carbons (Fsp3) is 0.889. The summed E-state index contributed by atoms with van der Waals surface area (Å²) in [5, 5.41) is 29.6. The lowest BCUT2D eigenvalue weighted by atomic mass is 9.80. The average molecular weight is 202 g/mol. The number of esters is 1. The Morgan fingerprint density at radius 1 is 1.50 bits per heavy atom. The second-order valence-corrected chi connectivity index (χ2v) is 4.48. The van der Waals surface area contributed by atoms with Crippen molar-refractivity contribution in [2.75, 3.05) is 6.61 Å². The molecule has 2 rings (SSSR count). The molecule has 0 amide bonds. The van der Waals surface area contributed by atoms with Crippen molar-refractivity contribution >= 4 is 5.97 Å². The summed E-state index contributed by atoms with van der Waals surface area (Å²) >= 11 is 0. The largest absolute Gasteiger partial charge is 0.465 e. The van der Waals surface area contributed by atoms with E-state index in [0.717, 1.165) is 0 Å². The molecule has 1 saturated heterocycles. The fourth-order valence-electron chi connectivity index (χ4n) is 2.50. The van der Waals surface area contributed by atoms with E-state index >= 15 is 0 Å². The van der Waals surface area contributed by atoms with Crippen LogP contribution in [0.3, 0.4) is 0 Å². The average Bonchev–Trinajstić information content (AvgIpc) is 2.17. The quantitative estimate of drug-likeness (QED) is 0.429. The summed E-state index contributed by atoms with van der Waals surface area (Å²) < 4.78 is 4.77. The molecule has 1 saturated carbocycles. The van der Waals surface area contributed by atoms with Gasteiger partial charge in [-0.3, -0.25) is 4.79 Å². The topological polar surface area (TPSA) is 87.0 Å². The van der Waals surface area contributed by atoms with Crippen LogP contribution in [0.5, 0.6) is 0 Å². The number of hydrogen-bond donors (Lipinski definition) is 3. The number of rotatable bonds is 0. The summed E-state index contributed by atoms with van der Waals surface area (Å²) in [5.74, 6) is -1.12. The van der Waals surface area contributed by atoms with Crippen LogP contribution in [0.15, 0.2) is 0 Å². The normalized spacial score (nSPS) is 52.7. The molecule has 2 aliphatic rings. The lowest BCUT2D eigenvalue weighted by molar-refractivity contribution is -0.186. The van der Waals surface area contributed by atoms with Crippen molar-refractivity contribution < 1.29 is 24.9 Å². The van der Waals surface area contributed by atoms with Gasteiger partial charge in [-0.05, 0) is 6.92 Å². The van der Waals surface area contributed by atoms with E-state index in [-0.39, 0.29) is 19.4 Å². The molecular weight excluding hydrogens is 188 g/mol. The van der Waals surface area contributed by atoms with E-state index in [1.807, 2.05) is 0 Å². The Kier molecular flexibility index (Phi) is 1.90. The Hall–Kier alpha value is -0.650. The molecule has 0 radical (unpaired) electrons. The molecule has 80 valence electrons. The Morgan fingerprint density at radius 2 is 2.14 bits per heavy atom. The van der Waals surface area contributed by atoms with Crippen molar-refractivity contribution in [1.29, 1.82) is 0 Å². The third-order valence-corrected chi connectivity index (χ3v) is 3.38. The molecule has 14 heavy (non-hydrogen) atoms. The van der Waals surface area contributed by atoms with Crippen LogP contribution in [0.1, 0.15) is 19.8 Å².